The molecule has 2 aromatic carbocycles. The molecule has 1 aromatic heterocycles. The van der Waals surface area contributed by atoms with Crippen LogP contribution in [0.15, 0.2) is 36.4 Å². The molecule has 0 fully saturated rings. The minimum Gasteiger partial charge on any atom is -0.197 e. The van der Waals surface area contributed by atoms with Crippen molar-refractivity contribution in [1.29, 1.82) is 0 Å². The van der Waals surface area contributed by atoms with E-state index in [1.54, 1.807) is 4.68 Å². The molecule has 0 spiro atoms. The molecule has 84 valence electrons. The smallest absolute Gasteiger partial charge is 0.153 e. The maximum Gasteiger partial charge on any atom is 0.153 e. The molecule has 3 aromatic rings. The van der Waals surface area contributed by atoms with Gasteiger partial charge in [0.1, 0.15) is 0 Å². The zero-order chi connectivity index (χ0) is 11.8. The first-order valence-electron chi connectivity index (χ1n) is 5.51. The zero-order valence-electron chi connectivity index (χ0n) is 9.75. The van der Waals surface area contributed by atoms with E-state index in [-0.39, 0.29) is 0 Å². The Labute approximate surface area is 98.9 Å². The molecule has 0 bridgehead atoms. The number of benzene rings is 2. The fourth-order valence-corrected chi connectivity index (χ4v) is 2.07. The molecule has 1 heterocycles. The predicted molar refractivity (Wildman–Crippen MR) is 66.1 cm³/mol. The molecule has 0 atom stereocenters. The van der Waals surface area contributed by atoms with Gasteiger partial charge in [-0.15, -0.1) is 5.10 Å². The van der Waals surface area contributed by atoms with Crippen molar-refractivity contribution in [3.8, 4) is 5.69 Å². The monoisotopic (exact) mass is 224 g/mol. The molecular formula is C13H12N4. The summed E-state index contributed by atoms with van der Waals surface area (Å²) >= 11 is 0. The quantitative estimate of drug-likeness (QED) is 0.637. The summed E-state index contributed by atoms with van der Waals surface area (Å²) in [6.45, 7) is 4.01. The van der Waals surface area contributed by atoms with Crippen molar-refractivity contribution in [2.24, 2.45) is 0 Å². The minimum absolute atomic E-state index is 0.791. The third-order valence-electron chi connectivity index (χ3n) is 2.97. The van der Waals surface area contributed by atoms with Crippen LogP contribution in [-0.2, 0) is 0 Å². The van der Waals surface area contributed by atoms with E-state index in [1.807, 2.05) is 19.1 Å². The van der Waals surface area contributed by atoms with Crippen LogP contribution in [0.3, 0.4) is 0 Å². The van der Waals surface area contributed by atoms with Crippen LogP contribution in [0.25, 0.3) is 16.5 Å². The number of nitrogens with zero attached hydrogens (tertiary/aromatic N) is 4. The van der Waals surface area contributed by atoms with Crippen molar-refractivity contribution in [3.63, 3.8) is 0 Å². The number of aromatic nitrogens is 4. The average molecular weight is 224 g/mol. The summed E-state index contributed by atoms with van der Waals surface area (Å²) in [5.41, 5.74) is 2.28. The fraction of sp³-hybridized carbons (Fsp3) is 0.154. The van der Waals surface area contributed by atoms with E-state index in [2.05, 4.69) is 46.7 Å². The molecule has 0 aliphatic heterocycles. The summed E-state index contributed by atoms with van der Waals surface area (Å²) < 4.78 is 1.77. The fourth-order valence-electron chi connectivity index (χ4n) is 2.07. The Kier molecular flexibility index (Phi) is 2.14. The van der Waals surface area contributed by atoms with Crippen molar-refractivity contribution >= 4 is 10.8 Å². The maximum absolute atomic E-state index is 4.02. The van der Waals surface area contributed by atoms with Gasteiger partial charge in [-0.25, -0.2) is 0 Å². The third kappa shape index (κ3) is 1.49. The number of hydrogen-bond donors (Lipinski definition) is 0. The van der Waals surface area contributed by atoms with E-state index in [1.165, 1.54) is 16.3 Å². The Morgan fingerprint density at radius 1 is 0.941 bits per heavy atom. The van der Waals surface area contributed by atoms with Crippen LogP contribution in [0, 0.1) is 13.8 Å². The lowest BCUT2D eigenvalue weighted by atomic mass is 10.0. The molecule has 17 heavy (non-hydrogen) atoms. The Morgan fingerprint density at radius 3 is 2.41 bits per heavy atom. The highest BCUT2D eigenvalue weighted by Gasteiger charge is 2.08. The minimum atomic E-state index is 0.791. The van der Waals surface area contributed by atoms with E-state index < -0.39 is 0 Å². The summed E-state index contributed by atoms with van der Waals surface area (Å²) in [6.07, 6.45) is 0. The first-order chi connectivity index (χ1) is 8.27. The van der Waals surface area contributed by atoms with Gasteiger partial charge in [0, 0.05) is 5.39 Å². The Balaban J connectivity index is 2.39. The van der Waals surface area contributed by atoms with Gasteiger partial charge in [0.15, 0.2) is 5.82 Å². The highest BCUT2D eigenvalue weighted by Crippen LogP contribution is 2.24. The molecule has 4 heteroatoms. The lowest BCUT2D eigenvalue weighted by Crippen LogP contribution is -2.00. The topological polar surface area (TPSA) is 43.6 Å². The second-order valence-electron chi connectivity index (χ2n) is 4.09. The molecule has 3 rings (SSSR count). The van der Waals surface area contributed by atoms with E-state index in [0.717, 1.165) is 11.5 Å². The lowest BCUT2D eigenvalue weighted by Gasteiger charge is -2.08. The number of rotatable bonds is 1. The molecule has 0 aliphatic rings. The van der Waals surface area contributed by atoms with Gasteiger partial charge in [-0.05, 0) is 41.3 Å². The standard InChI is InChI=1S/C13H12N4/c1-9-7-8-13(17-10(2)14-15-16-17)12-6-4-3-5-11(9)12/h3-8H,1-2H3. The van der Waals surface area contributed by atoms with Gasteiger partial charge in [-0.2, -0.15) is 4.68 Å². The first-order valence-corrected chi connectivity index (χ1v) is 5.51. The molecule has 0 saturated carbocycles. The molecule has 0 saturated heterocycles. The highest BCUT2D eigenvalue weighted by molar-refractivity contribution is 5.92. The third-order valence-corrected chi connectivity index (χ3v) is 2.97. The highest BCUT2D eigenvalue weighted by atomic mass is 15.5. The predicted octanol–water partition coefficient (Wildman–Crippen LogP) is 2.43. The summed E-state index contributed by atoms with van der Waals surface area (Å²) in [4.78, 5) is 0. The van der Waals surface area contributed by atoms with Crippen LogP contribution < -0.4 is 0 Å². The van der Waals surface area contributed by atoms with Gasteiger partial charge in [0.25, 0.3) is 0 Å². The largest absolute Gasteiger partial charge is 0.197 e. The van der Waals surface area contributed by atoms with E-state index in [0.29, 0.717) is 0 Å². The molecule has 0 unspecified atom stereocenters. The molecule has 4 nitrogen and oxygen atoms in total. The number of fused-ring (bicyclic) bond motifs is 1. The van der Waals surface area contributed by atoms with Gasteiger partial charge in [0.05, 0.1) is 5.69 Å². The molecular weight excluding hydrogens is 212 g/mol. The van der Waals surface area contributed by atoms with Gasteiger partial charge >= 0.3 is 0 Å². The number of hydrogen-bond acceptors (Lipinski definition) is 3. The van der Waals surface area contributed by atoms with E-state index >= 15 is 0 Å². The SMILES string of the molecule is Cc1ccc(-n2nnnc2C)c2ccccc12. The maximum atomic E-state index is 4.02. The van der Waals surface area contributed by atoms with Crippen LogP contribution in [-0.4, -0.2) is 20.2 Å². The Bertz CT molecular complexity index is 685. The van der Waals surface area contributed by atoms with Gasteiger partial charge in [-0.3, -0.25) is 0 Å². The van der Waals surface area contributed by atoms with Gasteiger partial charge < -0.3 is 0 Å². The van der Waals surface area contributed by atoms with Crippen LogP contribution in [0.4, 0.5) is 0 Å². The summed E-state index contributed by atoms with van der Waals surface area (Å²) in [6, 6.07) is 12.4. The van der Waals surface area contributed by atoms with Gasteiger partial charge in [-0.1, -0.05) is 30.3 Å². The van der Waals surface area contributed by atoms with Crippen LogP contribution in [0.2, 0.25) is 0 Å². The number of tetrazole rings is 1. The molecule has 0 N–H and O–H groups in total. The average Bonchev–Trinajstić information content (AvgIpc) is 2.77. The second kappa shape index (κ2) is 3.66. The normalized spacial score (nSPS) is 10.9. The van der Waals surface area contributed by atoms with Crippen molar-refractivity contribution in [1.82, 2.24) is 20.2 Å². The second-order valence-corrected chi connectivity index (χ2v) is 4.09. The number of aryl methyl sites for hydroxylation is 2. The first kappa shape index (κ1) is 9.96. The van der Waals surface area contributed by atoms with E-state index in [9.17, 15) is 0 Å². The molecule has 0 radical (unpaired) electrons. The lowest BCUT2D eigenvalue weighted by molar-refractivity contribution is 0.783. The van der Waals surface area contributed by atoms with Crippen LogP contribution in [0.1, 0.15) is 11.4 Å². The van der Waals surface area contributed by atoms with Crippen molar-refractivity contribution in [3.05, 3.63) is 47.8 Å². The Hall–Kier alpha value is -2.23. The summed E-state index contributed by atoms with van der Waals surface area (Å²) in [5, 5.41) is 14.0. The van der Waals surface area contributed by atoms with Gasteiger partial charge in [0.2, 0.25) is 0 Å². The van der Waals surface area contributed by atoms with Crippen molar-refractivity contribution in [2.45, 2.75) is 13.8 Å². The molecule has 0 amide bonds. The molecule has 0 aliphatic carbocycles. The van der Waals surface area contributed by atoms with E-state index in [4.69, 9.17) is 0 Å². The van der Waals surface area contributed by atoms with Crippen molar-refractivity contribution in [2.75, 3.05) is 0 Å². The zero-order valence-corrected chi connectivity index (χ0v) is 9.75. The Morgan fingerprint density at radius 2 is 1.71 bits per heavy atom. The van der Waals surface area contributed by atoms with Crippen molar-refractivity contribution < 1.29 is 0 Å². The van der Waals surface area contributed by atoms with Crippen LogP contribution >= 0.6 is 0 Å². The summed E-state index contributed by atoms with van der Waals surface area (Å²) in [7, 11) is 0. The summed E-state index contributed by atoms with van der Waals surface area (Å²) in [5.74, 6) is 0.791. The van der Waals surface area contributed by atoms with Crippen LogP contribution in [0.5, 0.6) is 0 Å².